The van der Waals surface area contributed by atoms with Crippen LogP contribution in [0.1, 0.15) is 48.0 Å². The van der Waals surface area contributed by atoms with Crippen molar-refractivity contribution in [3.63, 3.8) is 0 Å². The Labute approximate surface area is 218 Å². The second kappa shape index (κ2) is 12.7. The molecule has 0 aliphatic rings. The molecular formula is C29H41N3O3Si. The molecule has 2 rings (SSSR count). The third-order valence-electron chi connectivity index (χ3n) is 5.81. The lowest BCUT2D eigenvalue weighted by atomic mass is 10.2. The van der Waals surface area contributed by atoms with Crippen LogP contribution in [0.3, 0.4) is 0 Å². The van der Waals surface area contributed by atoms with Gasteiger partial charge < -0.3 is 19.4 Å². The highest BCUT2D eigenvalue weighted by molar-refractivity contribution is 6.99. The summed E-state index contributed by atoms with van der Waals surface area (Å²) in [5.41, 5.74) is 0.214. The fourth-order valence-electron chi connectivity index (χ4n) is 4.16. The van der Waals surface area contributed by atoms with Gasteiger partial charge in [-0.3, -0.25) is 0 Å². The highest BCUT2D eigenvalue weighted by Gasteiger charge is 2.50. The lowest BCUT2D eigenvalue weighted by molar-refractivity contribution is 0.0297. The lowest BCUT2D eigenvalue weighted by Crippen LogP contribution is -2.66. The second-order valence-corrected chi connectivity index (χ2v) is 15.2. The SMILES string of the molecule is [C-]#[N+]/C=C(/CO[Si](c1ccccc1)(c1ccccc1)C(C)(C)C)NCCCN(C)C(=O)OC(C)(C)C. The molecule has 0 saturated heterocycles. The van der Waals surface area contributed by atoms with E-state index in [0.29, 0.717) is 26.1 Å². The van der Waals surface area contributed by atoms with Crippen LogP contribution in [0.4, 0.5) is 4.79 Å². The van der Waals surface area contributed by atoms with Crippen LogP contribution in [-0.4, -0.2) is 51.7 Å². The fourth-order valence-corrected chi connectivity index (χ4v) is 8.68. The first-order valence-corrected chi connectivity index (χ1v) is 14.3. The summed E-state index contributed by atoms with van der Waals surface area (Å²) in [7, 11) is -0.965. The summed E-state index contributed by atoms with van der Waals surface area (Å²) in [6.45, 7) is 21.1. The normalized spacial score (nSPS) is 12.6. The largest absolute Gasteiger partial charge is 0.444 e. The van der Waals surface area contributed by atoms with Crippen molar-refractivity contribution in [3.8, 4) is 0 Å². The zero-order valence-electron chi connectivity index (χ0n) is 22.8. The molecule has 0 heterocycles. The van der Waals surface area contributed by atoms with E-state index in [4.69, 9.17) is 15.7 Å². The van der Waals surface area contributed by atoms with Crippen molar-refractivity contribution in [2.75, 3.05) is 26.7 Å². The maximum absolute atomic E-state index is 12.2. The number of carbonyl (C=O) groups excluding carboxylic acids is 1. The molecule has 0 aliphatic carbocycles. The zero-order valence-corrected chi connectivity index (χ0v) is 23.8. The number of carbonyl (C=O) groups is 1. The zero-order chi connectivity index (χ0) is 26.8. The van der Waals surface area contributed by atoms with Crippen molar-refractivity contribution >= 4 is 24.8 Å². The molecule has 6 nitrogen and oxygen atoms in total. The molecule has 36 heavy (non-hydrogen) atoms. The molecule has 0 unspecified atom stereocenters. The molecule has 0 atom stereocenters. The third kappa shape index (κ3) is 7.97. The average molecular weight is 508 g/mol. The quantitative estimate of drug-likeness (QED) is 0.274. The van der Waals surface area contributed by atoms with E-state index in [1.54, 1.807) is 11.9 Å². The number of ether oxygens (including phenoxy) is 1. The Morgan fingerprint density at radius 1 is 1.00 bits per heavy atom. The van der Waals surface area contributed by atoms with Gasteiger partial charge in [0.25, 0.3) is 8.32 Å². The van der Waals surface area contributed by atoms with Crippen LogP contribution >= 0.6 is 0 Å². The molecule has 1 amide bonds. The molecule has 0 aromatic heterocycles. The van der Waals surface area contributed by atoms with Gasteiger partial charge >= 0.3 is 6.09 Å². The first-order valence-electron chi connectivity index (χ1n) is 12.4. The number of hydrogen-bond acceptors (Lipinski definition) is 4. The Kier molecular flexibility index (Phi) is 10.3. The molecule has 0 fully saturated rings. The van der Waals surface area contributed by atoms with E-state index in [1.165, 1.54) is 16.6 Å². The summed E-state index contributed by atoms with van der Waals surface area (Å²) in [6, 6.07) is 20.9. The van der Waals surface area contributed by atoms with Gasteiger partial charge in [0.05, 0.1) is 13.2 Å². The average Bonchev–Trinajstić information content (AvgIpc) is 2.81. The van der Waals surface area contributed by atoms with Gasteiger partial charge in [-0.1, -0.05) is 81.4 Å². The monoisotopic (exact) mass is 507 g/mol. The number of hydrogen-bond donors (Lipinski definition) is 1. The first-order chi connectivity index (χ1) is 16.9. The van der Waals surface area contributed by atoms with E-state index in [-0.39, 0.29) is 11.1 Å². The molecular weight excluding hydrogens is 466 g/mol. The molecule has 7 heteroatoms. The highest BCUT2D eigenvalue weighted by Crippen LogP contribution is 2.36. The minimum atomic E-state index is -2.70. The van der Waals surface area contributed by atoms with Crippen molar-refractivity contribution in [3.05, 3.63) is 84.0 Å². The maximum atomic E-state index is 12.2. The Balaban J connectivity index is 2.15. The van der Waals surface area contributed by atoms with Gasteiger partial charge in [-0.05, 0) is 42.6 Å². The number of benzene rings is 2. The number of amides is 1. The summed E-state index contributed by atoms with van der Waals surface area (Å²) in [5.74, 6) is 0. The van der Waals surface area contributed by atoms with Crippen LogP contribution in [0.25, 0.3) is 4.85 Å². The lowest BCUT2D eigenvalue weighted by Gasteiger charge is -2.43. The predicted octanol–water partition coefficient (Wildman–Crippen LogP) is 5.17. The minimum Gasteiger partial charge on any atom is -0.444 e. The van der Waals surface area contributed by atoms with Crippen molar-refractivity contribution < 1.29 is 14.0 Å². The third-order valence-corrected chi connectivity index (χ3v) is 10.8. The highest BCUT2D eigenvalue weighted by atomic mass is 28.4. The van der Waals surface area contributed by atoms with Gasteiger partial charge in [0, 0.05) is 25.8 Å². The Morgan fingerprint density at radius 2 is 1.53 bits per heavy atom. The van der Waals surface area contributed by atoms with Crippen LogP contribution in [0.15, 0.2) is 72.6 Å². The van der Waals surface area contributed by atoms with E-state index in [1.807, 2.05) is 32.9 Å². The fraction of sp³-hybridized carbons (Fsp3) is 0.448. The van der Waals surface area contributed by atoms with Crippen molar-refractivity contribution in [1.82, 2.24) is 10.2 Å². The molecule has 0 bridgehead atoms. The topological polar surface area (TPSA) is 55.2 Å². The minimum absolute atomic E-state index is 0.144. The summed E-state index contributed by atoms with van der Waals surface area (Å²) < 4.78 is 12.3. The number of rotatable bonds is 10. The van der Waals surface area contributed by atoms with Crippen molar-refractivity contribution in [1.29, 1.82) is 0 Å². The molecule has 194 valence electrons. The smallest absolute Gasteiger partial charge is 0.410 e. The van der Waals surface area contributed by atoms with Crippen LogP contribution in [0.5, 0.6) is 0 Å². The summed E-state index contributed by atoms with van der Waals surface area (Å²) in [6.07, 6.45) is 1.87. The van der Waals surface area contributed by atoms with Gasteiger partial charge in [-0.15, -0.1) is 0 Å². The van der Waals surface area contributed by atoms with Crippen LogP contribution in [-0.2, 0) is 9.16 Å². The van der Waals surface area contributed by atoms with Crippen molar-refractivity contribution in [2.45, 2.75) is 58.6 Å². The first kappa shape index (κ1) is 29.1. The van der Waals surface area contributed by atoms with Crippen molar-refractivity contribution in [2.24, 2.45) is 0 Å². The number of nitrogens with one attached hydrogen (secondary N) is 1. The molecule has 0 aliphatic heterocycles. The molecule has 1 N–H and O–H groups in total. The summed E-state index contributed by atoms with van der Waals surface area (Å²) in [4.78, 5) is 17.3. The molecule has 0 saturated carbocycles. The van der Waals surface area contributed by atoms with Gasteiger partial charge in [-0.2, -0.15) is 0 Å². The Bertz CT molecular complexity index is 996. The van der Waals surface area contributed by atoms with Gasteiger partial charge in [0.1, 0.15) is 5.60 Å². The van der Waals surface area contributed by atoms with Crippen LogP contribution in [0, 0.1) is 6.57 Å². The van der Waals surface area contributed by atoms with E-state index < -0.39 is 13.9 Å². The van der Waals surface area contributed by atoms with Crippen LogP contribution in [0.2, 0.25) is 5.04 Å². The number of nitrogens with zero attached hydrogens (tertiary/aromatic N) is 2. The summed E-state index contributed by atoms with van der Waals surface area (Å²) >= 11 is 0. The van der Waals surface area contributed by atoms with Gasteiger partial charge in [0.15, 0.2) is 6.20 Å². The molecule has 2 aromatic rings. The Hall–Kier alpha value is -3.08. The van der Waals surface area contributed by atoms with E-state index >= 15 is 0 Å². The maximum Gasteiger partial charge on any atom is 0.410 e. The van der Waals surface area contributed by atoms with Gasteiger partial charge in [0.2, 0.25) is 0 Å². The van der Waals surface area contributed by atoms with Gasteiger partial charge in [-0.25, -0.2) is 9.64 Å². The predicted molar refractivity (Wildman–Crippen MR) is 150 cm³/mol. The van der Waals surface area contributed by atoms with Crippen LogP contribution < -0.4 is 15.7 Å². The summed E-state index contributed by atoms with van der Waals surface area (Å²) in [5, 5.41) is 5.61. The van der Waals surface area contributed by atoms with E-state index in [2.05, 4.69) is 79.5 Å². The second-order valence-electron chi connectivity index (χ2n) is 10.9. The van der Waals surface area contributed by atoms with E-state index in [0.717, 1.165) is 5.70 Å². The molecule has 0 spiro atoms. The standard InChI is InChI=1S/C29H41N3O3Si/c1-28(2,3)35-27(33)32(8)21-15-20-31-24(22-30-7)23-34-36(29(4,5)6,25-16-11-9-12-17-25)26-18-13-10-14-19-26/h9-14,16-19,22,31H,15,20-21,23H2,1-6,8H3/b24-22-. The molecule has 0 radical (unpaired) electrons. The Morgan fingerprint density at radius 3 is 1.97 bits per heavy atom. The van der Waals surface area contributed by atoms with E-state index in [9.17, 15) is 4.79 Å². The molecule has 2 aromatic carbocycles.